The maximum Gasteiger partial charge on any atom is 0.248 e. The van der Waals surface area contributed by atoms with Gasteiger partial charge in [-0.15, -0.1) is 11.3 Å². The number of piperazine rings is 1. The van der Waals surface area contributed by atoms with Crippen LogP contribution in [0.25, 0.3) is 0 Å². The summed E-state index contributed by atoms with van der Waals surface area (Å²) < 4.78 is 32.0. The minimum Gasteiger partial charge on any atom is -0.360 e. The fourth-order valence-electron chi connectivity index (χ4n) is 3.14. The predicted molar refractivity (Wildman–Crippen MR) is 96.6 cm³/mol. The van der Waals surface area contributed by atoms with Gasteiger partial charge in [0, 0.05) is 31.1 Å². The molecule has 1 fully saturated rings. The highest BCUT2D eigenvalue weighted by molar-refractivity contribution is 7.89. The number of aromatic nitrogens is 2. The Morgan fingerprint density at radius 1 is 1.12 bits per heavy atom. The summed E-state index contributed by atoms with van der Waals surface area (Å²) in [5.74, 6) is 0.295. The van der Waals surface area contributed by atoms with Gasteiger partial charge in [-0.3, -0.25) is 4.79 Å². The second-order valence-electron chi connectivity index (χ2n) is 6.36. The molecule has 2 aromatic heterocycles. The minimum absolute atomic E-state index is 0.00568. The van der Waals surface area contributed by atoms with Crippen molar-refractivity contribution in [2.45, 2.75) is 39.0 Å². The number of carbonyl (C=O) groups is 1. The highest BCUT2D eigenvalue weighted by atomic mass is 32.2. The lowest BCUT2D eigenvalue weighted by Gasteiger charge is -2.34. The van der Waals surface area contributed by atoms with Gasteiger partial charge in [0.1, 0.15) is 10.6 Å². The monoisotopic (exact) mass is 398 g/mol. The van der Waals surface area contributed by atoms with Crippen LogP contribution in [0.2, 0.25) is 0 Å². The molecule has 1 amide bonds. The summed E-state index contributed by atoms with van der Waals surface area (Å²) in [4.78, 5) is 19.7. The molecule has 8 nitrogen and oxygen atoms in total. The zero-order valence-corrected chi connectivity index (χ0v) is 16.9. The number of aryl methyl sites for hydroxylation is 4. The molecule has 0 aliphatic carbocycles. The van der Waals surface area contributed by atoms with E-state index in [4.69, 9.17) is 4.52 Å². The van der Waals surface area contributed by atoms with Gasteiger partial charge in [0.15, 0.2) is 5.76 Å². The molecule has 0 radical (unpaired) electrons. The average Bonchev–Trinajstić information content (AvgIpc) is 3.08. The zero-order chi connectivity index (χ0) is 19.1. The molecule has 0 N–H and O–H groups in total. The van der Waals surface area contributed by atoms with Gasteiger partial charge in [-0.1, -0.05) is 5.16 Å². The van der Waals surface area contributed by atoms with E-state index < -0.39 is 10.0 Å². The van der Waals surface area contributed by atoms with Crippen molar-refractivity contribution >= 4 is 27.3 Å². The summed E-state index contributed by atoms with van der Waals surface area (Å²) in [6.07, 6.45) is 0.313. The van der Waals surface area contributed by atoms with Crippen molar-refractivity contribution in [3.8, 4) is 0 Å². The van der Waals surface area contributed by atoms with Crippen LogP contribution in [0.3, 0.4) is 0 Å². The molecule has 0 unspecified atom stereocenters. The first kappa shape index (κ1) is 19.0. The molecule has 1 aliphatic heterocycles. The van der Waals surface area contributed by atoms with Gasteiger partial charge < -0.3 is 9.42 Å². The SMILES string of the molecule is Cc1nc(C)c(CC(=O)N2CCN(S(=O)(=O)c3c(C)noc3C)CC2)s1. The van der Waals surface area contributed by atoms with E-state index in [-0.39, 0.29) is 29.7 Å². The number of rotatable bonds is 4. The van der Waals surface area contributed by atoms with E-state index in [1.165, 1.54) is 15.6 Å². The topological polar surface area (TPSA) is 96.6 Å². The summed E-state index contributed by atoms with van der Waals surface area (Å²) >= 11 is 1.53. The minimum atomic E-state index is -3.66. The Bertz CT molecular complexity index is 905. The number of thiazole rings is 1. The summed E-state index contributed by atoms with van der Waals surface area (Å²) in [7, 11) is -3.66. The first-order valence-electron chi connectivity index (χ1n) is 8.34. The number of nitrogens with zero attached hydrogens (tertiary/aromatic N) is 4. The standard InChI is InChI=1S/C16H22N4O4S2/c1-10-14(25-13(4)17-10)9-15(21)19-5-7-20(8-6-19)26(22,23)16-11(2)18-24-12(16)3/h5-9H2,1-4H3. The first-order chi connectivity index (χ1) is 12.2. The van der Waals surface area contributed by atoms with Gasteiger partial charge in [-0.2, -0.15) is 4.31 Å². The van der Waals surface area contributed by atoms with E-state index in [2.05, 4.69) is 10.1 Å². The van der Waals surface area contributed by atoms with Gasteiger partial charge in [-0.05, 0) is 27.7 Å². The van der Waals surface area contributed by atoms with Crippen molar-refractivity contribution in [3.05, 3.63) is 27.0 Å². The molecule has 1 aliphatic rings. The van der Waals surface area contributed by atoms with Gasteiger partial charge >= 0.3 is 0 Å². The quantitative estimate of drug-likeness (QED) is 0.773. The zero-order valence-electron chi connectivity index (χ0n) is 15.3. The summed E-state index contributed by atoms with van der Waals surface area (Å²) in [6.45, 7) is 8.30. The maximum absolute atomic E-state index is 12.8. The lowest BCUT2D eigenvalue weighted by Crippen LogP contribution is -2.51. The molecule has 0 bridgehead atoms. The van der Waals surface area contributed by atoms with Crippen LogP contribution in [0.4, 0.5) is 0 Å². The third-order valence-electron chi connectivity index (χ3n) is 4.47. The Morgan fingerprint density at radius 2 is 1.77 bits per heavy atom. The normalized spacial score (nSPS) is 16.2. The molecule has 1 saturated heterocycles. The molecule has 0 spiro atoms. The Balaban J connectivity index is 1.65. The summed E-state index contributed by atoms with van der Waals surface area (Å²) in [6, 6.07) is 0. The van der Waals surface area contributed by atoms with Crippen molar-refractivity contribution in [1.82, 2.24) is 19.3 Å². The predicted octanol–water partition coefficient (Wildman–Crippen LogP) is 1.44. The van der Waals surface area contributed by atoms with Gasteiger partial charge in [0.2, 0.25) is 15.9 Å². The van der Waals surface area contributed by atoms with E-state index >= 15 is 0 Å². The van der Waals surface area contributed by atoms with Gasteiger partial charge in [-0.25, -0.2) is 13.4 Å². The average molecular weight is 399 g/mol. The number of hydrogen-bond donors (Lipinski definition) is 0. The Kier molecular flexibility index (Phi) is 5.18. The smallest absolute Gasteiger partial charge is 0.248 e. The van der Waals surface area contributed by atoms with Gasteiger partial charge in [0.25, 0.3) is 0 Å². The number of amides is 1. The third-order valence-corrected chi connectivity index (χ3v) is 7.69. The van der Waals surface area contributed by atoms with E-state index in [1.807, 2.05) is 13.8 Å². The van der Waals surface area contributed by atoms with E-state index in [0.29, 0.717) is 25.2 Å². The Labute approximate surface area is 156 Å². The van der Waals surface area contributed by atoms with Crippen LogP contribution in [-0.4, -0.2) is 59.8 Å². The van der Waals surface area contributed by atoms with Crippen LogP contribution < -0.4 is 0 Å². The van der Waals surface area contributed by atoms with E-state index in [0.717, 1.165) is 15.6 Å². The summed E-state index contributed by atoms with van der Waals surface area (Å²) in [5, 5.41) is 4.67. The van der Waals surface area contributed by atoms with Crippen LogP contribution in [-0.2, 0) is 21.2 Å². The van der Waals surface area contributed by atoms with Crippen molar-refractivity contribution in [3.63, 3.8) is 0 Å². The summed E-state index contributed by atoms with van der Waals surface area (Å²) in [5.41, 5.74) is 1.25. The molecular formula is C16H22N4O4S2. The molecule has 0 aromatic carbocycles. The Hall–Kier alpha value is -1.78. The number of sulfonamides is 1. The van der Waals surface area contributed by atoms with Crippen molar-refractivity contribution in [2.75, 3.05) is 26.2 Å². The second-order valence-corrected chi connectivity index (χ2v) is 9.52. The Morgan fingerprint density at radius 3 is 2.27 bits per heavy atom. The number of carbonyl (C=O) groups excluding carboxylic acids is 1. The van der Waals surface area contributed by atoms with Crippen LogP contribution in [0.5, 0.6) is 0 Å². The van der Waals surface area contributed by atoms with Gasteiger partial charge in [0.05, 0.1) is 17.1 Å². The van der Waals surface area contributed by atoms with Crippen LogP contribution in [0, 0.1) is 27.7 Å². The van der Waals surface area contributed by atoms with E-state index in [9.17, 15) is 13.2 Å². The molecule has 26 heavy (non-hydrogen) atoms. The fourth-order valence-corrected chi connectivity index (χ4v) is 5.78. The van der Waals surface area contributed by atoms with Crippen LogP contribution >= 0.6 is 11.3 Å². The molecule has 3 rings (SSSR count). The van der Waals surface area contributed by atoms with Crippen LogP contribution in [0.15, 0.2) is 9.42 Å². The molecule has 0 saturated carbocycles. The highest BCUT2D eigenvalue weighted by Crippen LogP contribution is 2.24. The van der Waals surface area contributed by atoms with Crippen LogP contribution in [0.1, 0.15) is 27.0 Å². The molecule has 3 heterocycles. The maximum atomic E-state index is 12.8. The molecule has 10 heteroatoms. The fraction of sp³-hybridized carbons (Fsp3) is 0.562. The van der Waals surface area contributed by atoms with Crippen molar-refractivity contribution in [2.24, 2.45) is 0 Å². The lowest BCUT2D eigenvalue weighted by molar-refractivity contribution is -0.131. The van der Waals surface area contributed by atoms with Crippen molar-refractivity contribution in [1.29, 1.82) is 0 Å². The van der Waals surface area contributed by atoms with Crippen molar-refractivity contribution < 1.29 is 17.7 Å². The first-order valence-corrected chi connectivity index (χ1v) is 10.6. The van der Waals surface area contributed by atoms with E-state index in [1.54, 1.807) is 18.7 Å². The largest absolute Gasteiger partial charge is 0.360 e. The molecule has 142 valence electrons. The molecular weight excluding hydrogens is 376 g/mol. The third kappa shape index (κ3) is 3.53. The lowest BCUT2D eigenvalue weighted by atomic mass is 10.2. The molecule has 2 aromatic rings. The second kappa shape index (κ2) is 7.09. The highest BCUT2D eigenvalue weighted by Gasteiger charge is 2.34. The number of hydrogen-bond acceptors (Lipinski definition) is 7. The molecule has 0 atom stereocenters.